The zero-order chi connectivity index (χ0) is 19.5. The second kappa shape index (κ2) is 11.0. The molecule has 0 fully saturated rings. The van der Waals surface area contributed by atoms with Crippen molar-refractivity contribution >= 4 is 23.2 Å². The second-order valence-corrected chi connectivity index (χ2v) is 10.9. The van der Waals surface area contributed by atoms with E-state index in [9.17, 15) is 0 Å². The van der Waals surface area contributed by atoms with Crippen LogP contribution in [-0.2, 0) is 0 Å². The third kappa shape index (κ3) is 5.00. The van der Waals surface area contributed by atoms with Gasteiger partial charge in [0.05, 0.1) is 6.16 Å². The summed E-state index contributed by atoms with van der Waals surface area (Å²) in [6.07, 6.45) is 12.3. The summed E-state index contributed by atoms with van der Waals surface area (Å²) in [5.41, 5.74) is 0. The Labute approximate surface area is 171 Å². The van der Waals surface area contributed by atoms with Crippen LogP contribution < -0.4 is 15.9 Å². The molecule has 0 nitrogen and oxygen atoms in total. The first-order valence-electron chi connectivity index (χ1n) is 10.6. The Morgan fingerprint density at radius 2 is 1.00 bits per heavy atom. The topological polar surface area (TPSA) is 0 Å². The van der Waals surface area contributed by atoms with Gasteiger partial charge in [0.1, 0.15) is 23.2 Å². The fourth-order valence-corrected chi connectivity index (χ4v) is 8.15. The van der Waals surface area contributed by atoms with Gasteiger partial charge in [0.2, 0.25) is 0 Å². The van der Waals surface area contributed by atoms with Crippen molar-refractivity contribution in [3.05, 3.63) is 103 Å². The van der Waals surface area contributed by atoms with Crippen molar-refractivity contribution in [2.45, 2.75) is 39.0 Å². The zero-order valence-corrected chi connectivity index (χ0v) is 17.9. The molecule has 3 aromatic rings. The molecule has 3 rings (SSSR count). The molecule has 0 heterocycles. The van der Waals surface area contributed by atoms with Gasteiger partial charge in [0, 0.05) is 6.42 Å². The highest BCUT2D eigenvalue weighted by Gasteiger charge is 2.44. The Morgan fingerprint density at radius 3 is 1.43 bits per heavy atom. The highest BCUT2D eigenvalue weighted by Crippen LogP contribution is 2.55. The van der Waals surface area contributed by atoms with Gasteiger partial charge in [0.25, 0.3) is 0 Å². The average Bonchev–Trinajstić information content (AvgIpc) is 2.78. The molecule has 0 amide bonds. The highest BCUT2D eigenvalue weighted by atomic mass is 31.2. The predicted molar refractivity (Wildman–Crippen MR) is 128 cm³/mol. The van der Waals surface area contributed by atoms with Gasteiger partial charge in [-0.2, -0.15) is 0 Å². The molecule has 28 heavy (non-hydrogen) atoms. The lowest BCUT2D eigenvalue weighted by molar-refractivity contribution is 0.728. The minimum atomic E-state index is -1.67. The molecule has 3 aromatic carbocycles. The quantitative estimate of drug-likeness (QED) is 0.211. The first-order chi connectivity index (χ1) is 13.9. The summed E-state index contributed by atoms with van der Waals surface area (Å²) in [6.45, 7) is 2.27. The van der Waals surface area contributed by atoms with Crippen molar-refractivity contribution < 1.29 is 0 Å². The molecule has 0 saturated heterocycles. The van der Waals surface area contributed by atoms with Gasteiger partial charge < -0.3 is 0 Å². The molecule has 0 aliphatic heterocycles. The van der Waals surface area contributed by atoms with Crippen LogP contribution in [0.5, 0.6) is 0 Å². The number of benzene rings is 3. The Kier molecular flexibility index (Phi) is 8.07. The molecule has 0 spiro atoms. The SMILES string of the molecule is CCCCC/C=C\CC[P+](c1ccccc1)(c1ccccc1)c1ccccc1. The Bertz CT molecular complexity index is 725. The molecule has 0 saturated carbocycles. The largest absolute Gasteiger partial charge is 0.112 e. The highest BCUT2D eigenvalue weighted by molar-refractivity contribution is 7.95. The van der Waals surface area contributed by atoms with Crippen molar-refractivity contribution in [2.24, 2.45) is 0 Å². The van der Waals surface area contributed by atoms with E-state index in [1.54, 1.807) is 0 Å². The van der Waals surface area contributed by atoms with E-state index in [1.807, 2.05) is 0 Å². The minimum absolute atomic E-state index is 1.12. The summed E-state index contributed by atoms with van der Waals surface area (Å²) in [7, 11) is -1.67. The molecule has 0 atom stereocenters. The molecule has 144 valence electrons. The first kappa shape index (κ1) is 20.6. The molecule has 0 unspecified atom stereocenters. The van der Waals surface area contributed by atoms with E-state index in [2.05, 4.69) is 110 Å². The van der Waals surface area contributed by atoms with Gasteiger partial charge in [-0.05, 0) is 49.2 Å². The summed E-state index contributed by atoms with van der Waals surface area (Å²) < 4.78 is 0. The number of hydrogen-bond acceptors (Lipinski definition) is 0. The maximum absolute atomic E-state index is 2.42. The van der Waals surface area contributed by atoms with Gasteiger partial charge in [-0.3, -0.25) is 0 Å². The standard InChI is InChI=1S/C27H32P/c1-2-3-4-5-6-7-17-24-28(25-18-11-8-12-19-25,26-20-13-9-14-21-26)27-22-15-10-16-23-27/h6-16,18-23H,2-5,17,24H2,1H3/q+1/b7-6-. The average molecular weight is 388 g/mol. The Balaban J connectivity index is 1.97. The Hall–Kier alpha value is -2.17. The maximum Gasteiger partial charge on any atom is 0.112 e. The van der Waals surface area contributed by atoms with Crippen molar-refractivity contribution in [3.8, 4) is 0 Å². The van der Waals surface area contributed by atoms with Crippen LogP contribution in [0.3, 0.4) is 0 Å². The molecule has 0 aliphatic carbocycles. The molecule has 0 N–H and O–H groups in total. The van der Waals surface area contributed by atoms with E-state index in [0.717, 1.165) is 6.42 Å². The van der Waals surface area contributed by atoms with Gasteiger partial charge in [-0.25, -0.2) is 0 Å². The lowest BCUT2D eigenvalue weighted by Crippen LogP contribution is -2.33. The lowest BCUT2D eigenvalue weighted by atomic mass is 10.2. The van der Waals surface area contributed by atoms with Crippen molar-refractivity contribution in [3.63, 3.8) is 0 Å². The molecule has 0 aliphatic rings. The van der Waals surface area contributed by atoms with Crippen molar-refractivity contribution in [1.29, 1.82) is 0 Å². The number of hydrogen-bond donors (Lipinski definition) is 0. The number of rotatable bonds is 10. The van der Waals surface area contributed by atoms with E-state index in [-0.39, 0.29) is 0 Å². The lowest BCUT2D eigenvalue weighted by Gasteiger charge is -2.27. The Morgan fingerprint density at radius 1 is 0.571 bits per heavy atom. The monoisotopic (exact) mass is 387 g/mol. The van der Waals surface area contributed by atoms with Crippen LogP contribution in [0, 0.1) is 0 Å². The first-order valence-corrected chi connectivity index (χ1v) is 12.6. The maximum atomic E-state index is 2.42. The molecule has 0 aromatic heterocycles. The molecular weight excluding hydrogens is 355 g/mol. The summed E-state index contributed by atoms with van der Waals surface area (Å²) >= 11 is 0. The fourth-order valence-electron chi connectivity index (χ4n) is 3.90. The molecule has 1 heteroatoms. The second-order valence-electron chi connectivity index (χ2n) is 7.30. The summed E-state index contributed by atoms with van der Waals surface area (Å²) in [5, 5.41) is 4.44. The molecular formula is C27H32P+. The van der Waals surface area contributed by atoms with E-state index in [4.69, 9.17) is 0 Å². The van der Waals surface area contributed by atoms with Crippen LogP contribution in [0.1, 0.15) is 39.0 Å². The van der Waals surface area contributed by atoms with E-state index >= 15 is 0 Å². The van der Waals surface area contributed by atoms with Crippen LogP contribution in [0.25, 0.3) is 0 Å². The van der Waals surface area contributed by atoms with Crippen LogP contribution in [0.2, 0.25) is 0 Å². The minimum Gasteiger partial charge on any atom is -0.0884 e. The van der Waals surface area contributed by atoms with E-state index in [0.29, 0.717) is 0 Å². The third-order valence-electron chi connectivity index (χ3n) is 5.36. The summed E-state index contributed by atoms with van der Waals surface area (Å²) in [5.74, 6) is 0. The third-order valence-corrected chi connectivity index (χ3v) is 9.83. The van der Waals surface area contributed by atoms with Crippen LogP contribution in [0.15, 0.2) is 103 Å². The summed E-state index contributed by atoms with van der Waals surface area (Å²) in [4.78, 5) is 0. The predicted octanol–water partition coefficient (Wildman–Crippen LogP) is 6.51. The fraction of sp³-hybridized carbons (Fsp3) is 0.259. The van der Waals surface area contributed by atoms with Gasteiger partial charge in [-0.15, -0.1) is 0 Å². The van der Waals surface area contributed by atoms with Crippen molar-refractivity contribution in [2.75, 3.05) is 6.16 Å². The smallest absolute Gasteiger partial charge is 0.0884 e. The van der Waals surface area contributed by atoms with Gasteiger partial charge in [-0.1, -0.05) is 86.5 Å². The van der Waals surface area contributed by atoms with E-state index in [1.165, 1.54) is 47.8 Å². The van der Waals surface area contributed by atoms with E-state index < -0.39 is 7.26 Å². The number of unbranched alkanes of at least 4 members (excludes halogenated alkanes) is 3. The van der Waals surface area contributed by atoms with Crippen molar-refractivity contribution in [1.82, 2.24) is 0 Å². The normalized spacial score (nSPS) is 11.8. The van der Waals surface area contributed by atoms with Crippen LogP contribution >= 0.6 is 7.26 Å². The van der Waals surface area contributed by atoms with Crippen LogP contribution in [-0.4, -0.2) is 6.16 Å². The van der Waals surface area contributed by atoms with Gasteiger partial charge >= 0.3 is 0 Å². The number of allylic oxidation sites excluding steroid dienone is 2. The molecule has 0 radical (unpaired) electrons. The summed E-state index contributed by atoms with van der Waals surface area (Å²) in [6, 6.07) is 33.5. The molecule has 0 bridgehead atoms. The van der Waals surface area contributed by atoms with Gasteiger partial charge in [0.15, 0.2) is 0 Å². The van der Waals surface area contributed by atoms with Crippen LogP contribution in [0.4, 0.5) is 0 Å². The zero-order valence-electron chi connectivity index (χ0n) is 17.0.